The minimum absolute atomic E-state index is 0.659. The third-order valence-electron chi connectivity index (χ3n) is 9.27. The number of rotatable bonds is 5. The van der Waals surface area contributed by atoms with Crippen molar-refractivity contribution < 1.29 is 0 Å². The molecular weight excluding hydrogens is 685 g/mol. The van der Waals surface area contributed by atoms with Crippen molar-refractivity contribution in [2.75, 3.05) is 0 Å². The quantitative estimate of drug-likeness (QED) is 0.164. The average Bonchev–Trinajstić information content (AvgIpc) is 3.27. The van der Waals surface area contributed by atoms with E-state index in [4.69, 9.17) is 0 Å². The molecule has 0 atom stereocenters. The summed E-state index contributed by atoms with van der Waals surface area (Å²) >= 11 is 0. The molecule has 0 saturated carbocycles. The molecule has 0 aromatic heterocycles. The zero-order valence-corrected chi connectivity index (χ0v) is 37.0. The van der Waals surface area contributed by atoms with Crippen LogP contribution in [0.15, 0.2) is 200 Å². The summed E-state index contributed by atoms with van der Waals surface area (Å²) in [7, 11) is 0. The van der Waals surface area contributed by atoms with Crippen LogP contribution in [0.25, 0.3) is 0 Å². The Morgan fingerprint density at radius 2 is 0.596 bits per heavy atom. The number of benzene rings is 7. The predicted molar refractivity (Wildman–Crippen MR) is 256 cm³/mol. The van der Waals surface area contributed by atoms with Crippen LogP contribution >= 0.6 is 0 Å². The summed E-state index contributed by atoms with van der Waals surface area (Å²) < 4.78 is 0. The fraction of sp³-hybridized carbons (Fsp3) is 0.263. The lowest BCUT2D eigenvalue weighted by Gasteiger charge is -2.02. The monoisotopic (exact) mass is 757 g/mol. The summed E-state index contributed by atoms with van der Waals surface area (Å²) in [6.45, 7) is 21.6. The normalized spacial score (nSPS) is 9.32. The van der Waals surface area contributed by atoms with Gasteiger partial charge >= 0.3 is 0 Å². The Bertz CT molecular complexity index is 1840. The summed E-state index contributed by atoms with van der Waals surface area (Å²) in [6, 6.07) is 68.7. The topological polar surface area (TPSA) is 0 Å². The maximum Gasteiger partial charge on any atom is -0.0219 e. The van der Waals surface area contributed by atoms with Crippen molar-refractivity contribution in [3.63, 3.8) is 0 Å². The van der Waals surface area contributed by atoms with Crippen molar-refractivity contribution in [2.24, 2.45) is 0 Å². The highest BCUT2D eigenvalue weighted by Gasteiger charge is 1.95. The standard InChI is InChI=1S/C10H14.2C9H12.2C8H10.C7H8.C6H6/c1-3-9-7-5-6-8-10(9)4-2;1-8(2)9-6-4-3-5-7-9;1-3-9-7-5-4-6-8(9)2;1-7-5-3-4-6-8(7)2;1-2-8-6-4-3-5-7-8;1-7-5-3-2-4-6-7;1-2-4-6-5-3-1/h5-8H,3-4H2,1-2H3;3-8H,1-2H3;4-7H,3H2,1-2H3;3-6H,1-2H3;3-7H,2H2,1H3;2-6H,1H3;1-6H. The highest BCUT2D eigenvalue weighted by molar-refractivity contribution is 5.27. The van der Waals surface area contributed by atoms with Crippen LogP contribution in [0, 0.1) is 27.7 Å². The van der Waals surface area contributed by atoms with Gasteiger partial charge in [-0.05, 0) is 104 Å². The maximum atomic E-state index is 2.21. The molecule has 57 heavy (non-hydrogen) atoms. The third-order valence-corrected chi connectivity index (χ3v) is 9.27. The van der Waals surface area contributed by atoms with E-state index >= 15 is 0 Å². The van der Waals surface area contributed by atoms with Crippen molar-refractivity contribution in [3.05, 3.63) is 250 Å². The second kappa shape index (κ2) is 32.8. The van der Waals surface area contributed by atoms with E-state index in [1.165, 1.54) is 50.1 Å². The molecule has 0 aliphatic heterocycles. The first kappa shape index (κ1) is 49.6. The first-order chi connectivity index (χ1) is 27.7. The first-order valence-electron chi connectivity index (χ1n) is 20.9. The third kappa shape index (κ3) is 24.6. The minimum atomic E-state index is 0.659. The summed E-state index contributed by atoms with van der Waals surface area (Å²) in [5.41, 5.74) is 12.7. The zero-order valence-electron chi connectivity index (χ0n) is 37.0. The molecular formula is C57H72. The SMILES string of the molecule is CC(C)c1ccccc1.CCc1ccccc1.CCc1ccccc1C.CCc1ccccc1CC.Cc1ccccc1.Cc1ccccc1C.c1ccccc1. The Hall–Kier alpha value is -5.46. The van der Waals surface area contributed by atoms with Crippen molar-refractivity contribution in [1.82, 2.24) is 0 Å². The minimum Gasteiger partial charge on any atom is -0.0623 e. The van der Waals surface area contributed by atoms with Gasteiger partial charge < -0.3 is 0 Å². The van der Waals surface area contributed by atoms with Crippen LogP contribution in [-0.2, 0) is 25.7 Å². The Kier molecular flexibility index (Phi) is 28.5. The van der Waals surface area contributed by atoms with E-state index < -0.39 is 0 Å². The van der Waals surface area contributed by atoms with E-state index in [2.05, 4.69) is 203 Å². The lowest BCUT2D eigenvalue weighted by molar-refractivity contribution is 0.867. The van der Waals surface area contributed by atoms with Crippen molar-refractivity contribution in [1.29, 1.82) is 0 Å². The Balaban J connectivity index is 0.000000334. The molecule has 0 nitrogen and oxygen atoms in total. The van der Waals surface area contributed by atoms with E-state index in [0.717, 1.165) is 25.7 Å². The lowest BCUT2D eigenvalue weighted by Crippen LogP contribution is -1.88. The van der Waals surface area contributed by atoms with Gasteiger partial charge in [-0.2, -0.15) is 0 Å². The number of aryl methyl sites for hydroxylation is 8. The van der Waals surface area contributed by atoms with Gasteiger partial charge in [0.25, 0.3) is 0 Å². The van der Waals surface area contributed by atoms with E-state index in [-0.39, 0.29) is 0 Å². The molecule has 0 aliphatic carbocycles. The van der Waals surface area contributed by atoms with Crippen LogP contribution in [0.5, 0.6) is 0 Å². The van der Waals surface area contributed by atoms with Crippen molar-refractivity contribution in [2.45, 2.75) is 101 Å². The summed E-state index contributed by atoms with van der Waals surface area (Å²) in [5, 5.41) is 0. The maximum absolute atomic E-state index is 2.21. The van der Waals surface area contributed by atoms with Gasteiger partial charge in [0.1, 0.15) is 0 Å². The van der Waals surface area contributed by atoms with Gasteiger partial charge in [-0.3, -0.25) is 0 Å². The highest BCUT2D eigenvalue weighted by Crippen LogP contribution is 2.12. The van der Waals surface area contributed by atoms with Gasteiger partial charge in [0.2, 0.25) is 0 Å². The Morgan fingerprint density at radius 1 is 0.298 bits per heavy atom. The molecule has 300 valence electrons. The molecule has 0 N–H and O–H groups in total. The largest absolute Gasteiger partial charge is 0.0623 e. The van der Waals surface area contributed by atoms with Crippen LogP contribution < -0.4 is 0 Å². The van der Waals surface area contributed by atoms with Gasteiger partial charge in [-0.1, -0.05) is 247 Å². The molecule has 7 aromatic rings. The molecule has 7 rings (SSSR count). The smallest absolute Gasteiger partial charge is 0.0219 e. The second-order valence-electron chi connectivity index (χ2n) is 14.1. The van der Waals surface area contributed by atoms with Crippen molar-refractivity contribution >= 4 is 0 Å². The molecule has 0 spiro atoms. The lowest BCUT2D eigenvalue weighted by atomic mass is 10.0. The van der Waals surface area contributed by atoms with Gasteiger partial charge in [0, 0.05) is 0 Å². The van der Waals surface area contributed by atoms with Crippen LogP contribution in [0.2, 0.25) is 0 Å². The van der Waals surface area contributed by atoms with Crippen LogP contribution in [0.1, 0.15) is 97.5 Å². The van der Waals surface area contributed by atoms with E-state index in [1.807, 2.05) is 66.7 Å². The van der Waals surface area contributed by atoms with E-state index in [0.29, 0.717) is 5.92 Å². The van der Waals surface area contributed by atoms with Crippen LogP contribution in [0.3, 0.4) is 0 Å². The molecule has 0 fully saturated rings. The van der Waals surface area contributed by atoms with E-state index in [1.54, 1.807) is 0 Å². The Morgan fingerprint density at radius 3 is 0.842 bits per heavy atom. The van der Waals surface area contributed by atoms with Gasteiger partial charge in [0.15, 0.2) is 0 Å². The molecule has 0 saturated heterocycles. The highest BCUT2D eigenvalue weighted by atomic mass is 14.0. The molecule has 0 amide bonds. The van der Waals surface area contributed by atoms with Gasteiger partial charge in [-0.25, -0.2) is 0 Å². The fourth-order valence-electron chi connectivity index (χ4n) is 5.39. The summed E-state index contributed by atoms with van der Waals surface area (Å²) in [6.07, 6.45) is 4.60. The first-order valence-corrected chi connectivity index (χ1v) is 20.9. The zero-order chi connectivity index (χ0) is 41.9. The van der Waals surface area contributed by atoms with E-state index in [9.17, 15) is 0 Å². The van der Waals surface area contributed by atoms with Crippen molar-refractivity contribution in [3.8, 4) is 0 Å². The summed E-state index contributed by atoms with van der Waals surface area (Å²) in [5.74, 6) is 0.659. The molecule has 0 bridgehead atoms. The predicted octanol–water partition coefficient (Wildman–Crippen LogP) is 16.4. The molecule has 7 aromatic carbocycles. The second-order valence-corrected chi connectivity index (χ2v) is 14.1. The molecule has 0 heteroatoms. The average molecular weight is 757 g/mol. The molecule has 0 heterocycles. The Labute approximate surface area is 349 Å². The molecule has 0 radical (unpaired) electrons. The number of hydrogen-bond acceptors (Lipinski definition) is 0. The van der Waals surface area contributed by atoms with Gasteiger partial charge in [-0.15, -0.1) is 0 Å². The summed E-state index contributed by atoms with van der Waals surface area (Å²) in [4.78, 5) is 0. The molecule has 0 unspecified atom stereocenters. The van der Waals surface area contributed by atoms with Crippen LogP contribution in [-0.4, -0.2) is 0 Å². The van der Waals surface area contributed by atoms with Crippen LogP contribution in [0.4, 0.5) is 0 Å². The molecule has 0 aliphatic rings. The fourth-order valence-corrected chi connectivity index (χ4v) is 5.39. The van der Waals surface area contributed by atoms with Gasteiger partial charge in [0.05, 0.1) is 0 Å². The number of hydrogen-bond donors (Lipinski definition) is 0.